The predicted octanol–water partition coefficient (Wildman–Crippen LogP) is 1.49. The Balaban J connectivity index is 1.20. The van der Waals surface area contributed by atoms with Crippen LogP contribution in [0.4, 0.5) is 0 Å². The van der Waals surface area contributed by atoms with Crippen LogP contribution in [0.3, 0.4) is 0 Å². The standard InChI is InChI=1S/C21H25N9O/c1-14-25-26-28-29(14)11-15-2-4-18(5-3-15)19(31)24-20-7-16-6-17(8-20)10-21(9-16,12-20)30-23-13-22-27-30/h2-5,13,16-17H,6-12H2,1H3,(H,24,31). The molecule has 4 bridgehead atoms. The summed E-state index contributed by atoms with van der Waals surface area (Å²) in [6, 6.07) is 7.71. The summed E-state index contributed by atoms with van der Waals surface area (Å²) in [7, 11) is 0. The predicted molar refractivity (Wildman–Crippen MR) is 109 cm³/mol. The van der Waals surface area contributed by atoms with Crippen molar-refractivity contribution in [3.05, 3.63) is 47.5 Å². The van der Waals surface area contributed by atoms with Crippen molar-refractivity contribution >= 4 is 5.91 Å². The van der Waals surface area contributed by atoms with Crippen LogP contribution in [0.25, 0.3) is 0 Å². The maximum atomic E-state index is 13.2. The van der Waals surface area contributed by atoms with Crippen molar-refractivity contribution in [1.29, 1.82) is 0 Å². The highest BCUT2D eigenvalue weighted by Gasteiger charge is 2.60. The monoisotopic (exact) mass is 419 g/mol. The second-order valence-electron chi connectivity index (χ2n) is 9.73. The topological polar surface area (TPSA) is 116 Å². The maximum Gasteiger partial charge on any atom is 0.251 e. The number of nitrogens with zero attached hydrogens (tertiary/aromatic N) is 8. The number of tetrazole rings is 2. The van der Waals surface area contributed by atoms with E-state index in [1.807, 2.05) is 36.0 Å². The fourth-order valence-electron chi connectivity index (χ4n) is 6.62. The van der Waals surface area contributed by atoms with E-state index in [0.29, 0.717) is 23.9 Å². The lowest BCUT2D eigenvalue weighted by Gasteiger charge is -2.61. The van der Waals surface area contributed by atoms with Crippen molar-refractivity contribution in [2.75, 3.05) is 0 Å². The molecule has 3 aromatic rings. The molecular weight excluding hydrogens is 394 g/mol. The summed E-state index contributed by atoms with van der Waals surface area (Å²) in [5, 5.41) is 27.6. The van der Waals surface area contributed by atoms with E-state index in [4.69, 9.17) is 0 Å². The molecule has 1 amide bonds. The summed E-state index contributed by atoms with van der Waals surface area (Å²) >= 11 is 0. The highest BCUT2D eigenvalue weighted by atomic mass is 16.1. The Morgan fingerprint density at radius 1 is 1.13 bits per heavy atom. The number of amides is 1. The SMILES string of the molecule is Cc1nnnn1Cc1ccc(C(=O)NC23CC4CC(C2)CC(n2ncnn2)(C4)C3)cc1. The largest absolute Gasteiger partial charge is 0.346 e. The van der Waals surface area contributed by atoms with E-state index in [9.17, 15) is 4.79 Å². The fraction of sp³-hybridized carbons (Fsp3) is 0.571. The van der Waals surface area contributed by atoms with E-state index in [1.54, 1.807) is 4.68 Å². The molecule has 2 unspecified atom stereocenters. The Hall–Kier alpha value is -3.17. The Morgan fingerprint density at radius 3 is 2.55 bits per heavy atom. The first-order valence-corrected chi connectivity index (χ1v) is 10.9. The molecule has 2 aromatic heterocycles. The van der Waals surface area contributed by atoms with Gasteiger partial charge in [0.25, 0.3) is 5.91 Å². The first-order valence-electron chi connectivity index (χ1n) is 10.9. The number of aryl methyl sites for hydroxylation is 1. The second kappa shape index (κ2) is 6.66. The average Bonchev–Trinajstić information content (AvgIpc) is 3.40. The molecule has 2 heterocycles. The number of carbonyl (C=O) groups excluding carboxylic acids is 1. The lowest BCUT2D eigenvalue weighted by atomic mass is 9.50. The zero-order valence-corrected chi connectivity index (χ0v) is 17.5. The molecular formula is C21H25N9O. The zero-order valence-electron chi connectivity index (χ0n) is 17.5. The Morgan fingerprint density at radius 2 is 1.90 bits per heavy atom. The molecule has 0 radical (unpaired) electrons. The molecule has 10 nitrogen and oxygen atoms in total. The van der Waals surface area contributed by atoms with Crippen LogP contribution in [-0.2, 0) is 12.1 Å². The Labute approximate surface area is 179 Å². The number of hydrogen-bond acceptors (Lipinski definition) is 7. The third-order valence-electron chi connectivity index (χ3n) is 7.44. The molecule has 0 spiro atoms. The average molecular weight is 419 g/mol. The molecule has 0 aliphatic heterocycles. The second-order valence-corrected chi connectivity index (χ2v) is 9.73. The van der Waals surface area contributed by atoms with Gasteiger partial charge in [0.15, 0.2) is 6.33 Å². The van der Waals surface area contributed by atoms with Gasteiger partial charge in [0.1, 0.15) is 5.82 Å². The van der Waals surface area contributed by atoms with Crippen LogP contribution in [-0.4, -0.2) is 51.9 Å². The number of benzene rings is 1. The summed E-state index contributed by atoms with van der Waals surface area (Å²) < 4.78 is 1.74. The van der Waals surface area contributed by atoms with Crippen molar-refractivity contribution in [3.63, 3.8) is 0 Å². The molecule has 2 atom stereocenters. The van der Waals surface area contributed by atoms with Crippen LogP contribution in [0.5, 0.6) is 0 Å². The Kier molecular flexibility index (Phi) is 4.00. The molecule has 4 fully saturated rings. The van der Waals surface area contributed by atoms with Gasteiger partial charge in [0.05, 0.1) is 12.1 Å². The van der Waals surface area contributed by atoms with Crippen molar-refractivity contribution in [1.82, 2.24) is 45.7 Å². The van der Waals surface area contributed by atoms with Crippen molar-refractivity contribution in [2.24, 2.45) is 11.8 Å². The van der Waals surface area contributed by atoms with E-state index < -0.39 is 0 Å². The summed E-state index contributed by atoms with van der Waals surface area (Å²) in [4.78, 5) is 15.0. The third-order valence-corrected chi connectivity index (χ3v) is 7.44. The Bertz CT molecular complexity index is 1090. The van der Waals surface area contributed by atoms with E-state index in [0.717, 1.165) is 43.5 Å². The number of rotatable bonds is 5. The molecule has 4 aliphatic rings. The van der Waals surface area contributed by atoms with Gasteiger partial charge >= 0.3 is 0 Å². The van der Waals surface area contributed by atoms with Gasteiger partial charge in [-0.1, -0.05) is 12.1 Å². The number of nitrogens with one attached hydrogen (secondary N) is 1. The van der Waals surface area contributed by atoms with Crippen LogP contribution >= 0.6 is 0 Å². The van der Waals surface area contributed by atoms with Crippen molar-refractivity contribution < 1.29 is 4.79 Å². The maximum absolute atomic E-state index is 13.2. The molecule has 10 heteroatoms. The lowest BCUT2D eigenvalue weighted by Crippen LogP contribution is -2.66. The molecule has 160 valence electrons. The minimum Gasteiger partial charge on any atom is -0.346 e. The smallest absolute Gasteiger partial charge is 0.251 e. The van der Waals surface area contributed by atoms with Gasteiger partial charge in [0, 0.05) is 11.1 Å². The molecule has 4 aliphatic carbocycles. The first kappa shape index (κ1) is 18.6. The van der Waals surface area contributed by atoms with Crippen LogP contribution in [0, 0.1) is 18.8 Å². The summed E-state index contributed by atoms with van der Waals surface area (Å²) in [6.45, 7) is 2.45. The summed E-state index contributed by atoms with van der Waals surface area (Å²) in [5.41, 5.74) is 1.44. The van der Waals surface area contributed by atoms with E-state index in [1.165, 1.54) is 12.7 Å². The van der Waals surface area contributed by atoms with Crippen LogP contribution in [0.15, 0.2) is 30.6 Å². The molecule has 7 rings (SSSR count). The fourth-order valence-corrected chi connectivity index (χ4v) is 6.62. The number of carbonyl (C=O) groups is 1. The van der Waals surface area contributed by atoms with Gasteiger partial charge in [-0.2, -0.15) is 4.80 Å². The summed E-state index contributed by atoms with van der Waals surface area (Å²) in [6.07, 6.45) is 7.91. The molecule has 31 heavy (non-hydrogen) atoms. The van der Waals surface area contributed by atoms with Gasteiger partial charge in [0.2, 0.25) is 0 Å². The van der Waals surface area contributed by atoms with Crippen LogP contribution < -0.4 is 5.32 Å². The number of hydrogen-bond donors (Lipinski definition) is 1. The van der Waals surface area contributed by atoms with Crippen molar-refractivity contribution in [3.8, 4) is 0 Å². The highest BCUT2D eigenvalue weighted by Crippen LogP contribution is 2.60. The summed E-state index contributed by atoms with van der Waals surface area (Å²) in [5.74, 6) is 1.97. The van der Waals surface area contributed by atoms with Crippen LogP contribution in [0.1, 0.15) is 60.3 Å². The van der Waals surface area contributed by atoms with E-state index >= 15 is 0 Å². The van der Waals surface area contributed by atoms with Gasteiger partial charge in [-0.3, -0.25) is 4.79 Å². The number of aromatic nitrogens is 8. The van der Waals surface area contributed by atoms with Gasteiger partial charge < -0.3 is 5.32 Å². The van der Waals surface area contributed by atoms with Gasteiger partial charge in [-0.15, -0.1) is 15.3 Å². The molecule has 1 aromatic carbocycles. The quantitative estimate of drug-likeness (QED) is 0.666. The van der Waals surface area contributed by atoms with Gasteiger partial charge in [-0.05, 0) is 90.6 Å². The van der Waals surface area contributed by atoms with E-state index in [-0.39, 0.29) is 17.0 Å². The van der Waals surface area contributed by atoms with Gasteiger partial charge in [-0.25, -0.2) is 4.68 Å². The molecule has 4 saturated carbocycles. The van der Waals surface area contributed by atoms with E-state index in [2.05, 4.69) is 36.3 Å². The lowest BCUT2D eigenvalue weighted by molar-refractivity contribution is -0.0810. The zero-order chi connectivity index (χ0) is 21.1. The molecule has 1 N–H and O–H groups in total. The highest BCUT2D eigenvalue weighted by molar-refractivity contribution is 5.94. The minimum absolute atomic E-state index is 0.00574. The third kappa shape index (κ3) is 3.12. The molecule has 0 saturated heterocycles. The first-order chi connectivity index (χ1) is 15.0. The van der Waals surface area contributed by atoms with Crippen molar-refractivity contribution in [2.45, 2.75) is 63.1 Å². The van der Waals surface area contributed by atoms with Crippen LogP contribution in [0.2, 0.25) is 0 Å². The minimum atomic E-state index is -0.184. The normalized spacial score (nSPS) is 31.1.